The summed E-state index contributed by atoms with van der Waals surface area (Å²) in [6, 6.07) is -1.38. The van der Waals surface area contributed by atoms with Gasteiger partial charge >= 0.3 is 0 Å². The molecule has 4 heterocycles. The zero-order chi connectivity index (χ0) is 23.0. The molecule has 32 heavy (non-hydrogen) atoms. The van der Waals surface area contributed by atoms with Gasteiger partial charge in [0.15, 0.2) is 0 Å². The molecular weight excluding hydrogens is 410 g/mol. The van der Waals surface area contributed by atoms with Gasteiger partial charge in [0.25, 0.3) is 0 Å². The molecule has 6 atom stereocenters. The maximum atomic E-state index is 13.9. The number of hydrogen-bond donors (Lipinski definition) is 1. The van der Waals surface area contributed by atoms with Gasteiger partial charge in [0.2, 0.25) is 17.7 Å². The summed E-state index contributed by atoms with van der Waals surface area (Å²) < 4.78 is 6.53. The van der Waals surface area contributed by atoms with Gasteiger partial charge in [-0.15, -0.1) is 0 Å². The number of carbonyl (C=O) groups excluding carboxylic acids is 3. The van der Waals surface area contributed by atoms with Crippen molar-refractivity contribution in [2.75, 3.05) is 33.3 Å². The molecular formula is C24H35N3O5. The second-order valence-electron chi connectivity index (χ2n) is 9.37. The molecule has 8 heteroatoms. The number of ether oxygens (including phenoxy) is 1. The average Bonchev–Trinajstić information content (AvgIpc) is 3.11. The summed E-state index contributed by atoms with van der Waals surface area (Å²) in [5.41, 5.74) is -1.20. The van der Waals surface area contributed by atoms with Crippen molar-refractivity contribution < 1.29 is 24.2 Å². The second-order valence-corrected chi connectivity index (χ2v) is 9.37. The zero-order valence-corrected chi connectivity index (χ0v) is 19.3. The summed E-state index contributed by atoms with van der Waals surface area (Å²) in [6.45, 7) is 5.30. The van der Waals surface area contributed by atoms with E-state index in [0.717, 1.165) is 19.3 Å². The third-order valence-electron chi connectivity index (χ3n) is 7.49. The summed E-state index contributed by atoms with van der Waals surface area (Å²) in [4.78, 5) is 46.0. The van der Waals surface area contributed by atoms with Crippen molar-refractivity contribution in [2.45, 2.75) is 63.3 Å². The zero-order valence-electron chi connectivity index (χ0n) is 19.3. The first-order valence-electron chi connectivity index (χ1n) is 11.9. The molecule has 0 aromatic carbocycles. The molecule has 8 nitrogen and oxygen atoms in total. The Hall–Kier alpha value is -2.19. The SMILES string of the molecule is CCCCCN1CC=C[C@]23O[C@H]4C=CCN(C)C(=O)[C@H]4[C@H]2C(=O)N([C@@H](CC)CO)C3C1=O. The lowest BCUT2D eigenvalue weighted by molar-refractivity contribution is -0.151. The molecule has 0 aromatic heterocycles. The molecule has 1 N–H and O–H groups in total. The summed E-state index contributed by atoms with van der Waals surface area (Å²) in [5, 5.41) is 10.1. The van der Waals surface area contributed by atoms with Crippen molar-refractivity contribution in [3.8, 4) is 0 Å². The Labute approximate surface area is 189 Å². The van der Waals surface area contributed by atoms with E-state index in [2.05, 4.69) is 6.92 Å². The van der Waals surface area contributed by atoms with Crippen molar-refractivity contribution in [3.63, 3.8) is 0 Å². The highest BCUT2D eigenvalue weighted by atomic mass is 16.5. The Balaban J connectivity index is 1.79. The van der Waals surface area contributed by atoms with Crippen LogP contribution in [0.25, 0.3) is 0 Å². The van der Waals surface area contributed by atoms with Crippen LogP contribution >= 0.6 is 0 Å². The number of rotatable bonds is 7. The van der Waals surface area contributed by atoms with Crippen molar-refractivity contribution in [1.29, 1.82) is 0 Å². The lowest BCUT2D eigenvalue weighted by Gasteiger charge is -2.38. The number of likely N-dealkylation sites (N-methyl/N-ethyl adjacent to an activating group) is 1. The average molecular weight is 446 g/mol. The topological polar surface area (TPSA) is 90.4 Å². The molecule has 3 amide bonds. The number of nitrogens with zero attached hydrogens (tertiary/aromatic N) is 3. The van der Waals surface area contributed by atoms with Crippen molar-refractivity contribution in [2.24, 2.45) is 11.8 Å². The molecule has 2 saturated heterocycles. The summed E-state index contributed by atoms with van der Waals surface area (Å²) in [7, 11) is 1.72. The minimum Gasteiger partial charge on any atom is -0.394 e. The van der Waals surface area contributed by atoms with Crippen molar-refractivity contribution in [1.82, 2.24) is 14.7 Å². The largest absolute Gasteiger partial charge is 0.394 e. The Morgan fingerprint density at radius 3 is 2.59 bits per heavy atom. The van der Waals surface area contributed by atoms with E-state index < -0.39 is 35.6 Å². The van der Waals surface area contributed by atoms with Crippen LogP contribution in [0, 0.1) is 11.8 Å². The molecule has 176 valence electrons. The standard InChI is InChI=1S/C24H35N3O5/c1-4-6-7-13-26-14-9-11-24-19(18-17(32-24)10-8-12-25(3)21(18)29)22(30)27(16(5-2)15-28)20(24)23(26)31/h8-11,16-20,28H,4-7,12-15H2,1-3H3/t16-,17-,18+,19-,20?,24-/m0/s1. The third kappa shape index (κ3) is 3.39. The van der Waals surface area contributed by atoms with E-state index in [1.165, 1.54) is 4.90 Å². The molecule has 0 radical (unpaired) electrons. The highest BCUT2D eigenvalue weighted by Crippen LogP contribution is 2.54. The van der Waals surface area contributed by atoms with Crippen molar-refractivity contribution in [3.05, 3.63) is 24.3 Å². The summed E-state index contributed by atoms with van der Waals surface area (Å²) in [5.74, 6) is -2.03. The molecule has 2 fully saturated rings. The van der Waals surface area contributed by atoms with Crippen LogP contribution in [0.5, 0.6) is 0 Å². The number of fused-ring (bicyclic) bond motifs is 2. The number of amides is 3. The summed E-state index contributed by atoms with van der Waals surface area (Å²) >= 11 is 0. The van der Waals surface area contributed by atoms with Crippen LogP contribution in [0.2, 0.25) is 0 Å². The van der Waals surface area contributed by atoms with Crippen LogP contribution in [0.4, 0.5) is 0 Å². The highest BCUT2D eigenvalue weighted by Gasteiger charge is 2.72. The molecule has 4 aliphatic heterocycles. The number of aliphatic hydroxyl groups is 1. The Bertz CT molecular complexity index is 822. The lowest BCUT2D eigenvalue weighted by Crippen LogP contribution is -2.58. The van der Waals surface area contributed by atoms with E-state index in [4.69, 9.17) is 4.74 Å². The predicted molar refractivity (Wildman–Crippen MR) is 118 cm³/mol. The Morgan fingerprint density at radius 2 is 1.91 bits per heavy atom. The molecule has 4 aliphatic rings. The van der Waals surface area contributed by atoms with Gasteiger partial charge in [-0.2, -0.15) is 0 Å². The molecule has 4 rings (SSSR count). The fourth-order valence-electron chi connectivity index (χ4n) is 5.81. The van der Waals surface area contributed by atoms with E-state index in [9.17, 15) is 19.5 Å². The van der Waals surface area contributed by atoms with Gasteiger partial charge in [-0.25, -0.2) is 0 Å². The number of hydrogen-bond acceptors (Lipinski definition) is 5. The number of carbonyl (C=O) groups is 3. The highest BCUT2D eigenvalue weighted by molar-refractivity contribution is 6.00. The van der Waals surface area contributed by atoms with Gasteiger partial charge in [0.1, 0.15) is 11.6 Å². The van der Waals surface area contributed by atoms with Crippen LogP contribution in [-0.2, 0) is 19.1 Å². The van der Waals surface area contributed by atoms with Gasteiger partial charge in [-0.1, -0.05) is 51.0 Å². The Morgan fingerprint density at radius 1 is 1.12 bits per heavy atom. The molecule has 1 unspecified atom stereocenters. The number of aliphatic hydroxyl groups excluding tert-OH is 1. The van der Waals surface area contributed by atoms with Gasteiger partial charge in [0.05, 0.1) is 30.6 Å². The first-order valence-corrected chi connectivity index (χ1v) is 11.9. The van der Waals surface area contributed by atoms with E-state index in [1.807, 2.05) is 31.2 Å². The van der Waals surface area contributed by atoms with Crippen LogP contribution < -0.4 is 0 Å². The first kappa shape index (κ1) is 23.0. The smallest absolute Gasteiger partial charge is 0.249 e. The Kier molecular flexibility index (Phi) is 6.45. The van der Waals surface area contributed by atoms with E-state index in [1.54, 1.807) is 16.8 Å². The van der Waals surface area contributed by atoms with Gasteiger partial charge in [-0.05, 0) is 12.8 Å². The van der Waals surface area contributed by atoms with Crippen LogP contribution in [0.3, 0.4) is 0 Å². The molecule has 0 aliphatic carbocycles. The van der Waals surface area contributed by atoms with Crippen molar-refractivity contribution >= 4 is 17.7 Å². The van der Waals surface area contributed by atoms with Gasteiger partial charge in [0, 0.05) is 26.7 Å². The number of likely N-dealkylation sites (tertiary alicyclic amines) is 1. The first-order chi connectivity index (χ1) is 15.4. The maximum absolute atomic E-state index is 13.9. The second kappa shape index (κ2) is 8.98. The maximum Gasteiger partial charge on any atom is 0.249 e. The third-order valence-corrected chi connectivity index (χ3v) is 7.49. The minimum atomic E-state index is -1.20. The predicted octanol–water partition coefficient (Wildman–Crippen LogP) is 0.955. The fourth-order valence-corrected chi connectivity index (χ4v) is 5.81. The minimum absolute atomic E-state index is 0.141. The fraction of sp³-hybridized carbons (Fsp3) is 0.708. The normalized spacial score (nSPS) is 35.0. The van der Waals surface area contributed by atoms with Crippen LogP contribution in [0.1, 0.15) is 39.5 Å². The molecule has 0 aromatic rings. The quantitative estimate of drug-likeness (QED) is 0.466. The van der Waals surface area contributed by atoms with E-state index in [-0.39, 0.29) is 24.3 Å². The lowest BCUT2D eigenvalue weighted by atomic mass is 9.77. The molecule has 0 saturated carbocycles. The monoisotopic (exact) mass is 445 g/mol. The number of unbranched alkanes of at least 4 members (excludes halogenated alkanes) is 2. The van der Waals surface area contributed by atoms with Crippen LogP contribution in [0.15, 0.2) is 24.3 Å². The van der Waals surface area contributed by atoms with Gasteiger partial charge < -0.3 is 24.5 Å². The molecule has 1 spiro atoms. The van der Waals surface area contributed by atoms with Crippen LogP contribution in [-0.4, -0.2) is 94.6 Å². The summed E-state index contributed by atoms with van der Waals surface area (Å²) in [6.07, 6.45) is 10.4. The molecule has 0 bridgehead atoms. The van der Waals surface area contributed by atoms with E-state index in [0.29, 0.717) is 26.1 Å². The van der Waals surface area contributed by atoms with Gasteiger partial charge in [-0.3, -0.25) is 14.4 Å². The van der Waals surface area contributed by atoms with E-state index >= 15 is 0 Å².